The van der Waals surface area contributed by atoms with Crippen LogP contribution >= 0.6 is 23.2 Å². The van der Waals surface area contributed by atoms with Crippen molar-refractivity contribution in [3.63, 3.8) is 0 Å². The summed E-state index contributed by atoms with van der Waals surface area (Å²) >= 11 is 12.2. The Morgan fingerprint density at radius 2 is 1.80 bits per heavy atom. The summed E-state index contributed by atoms with van der Waals surface area (Å²) in [6, 6.07) is 8.54. The van der Waals surface area contributed by atoms with Gasteiger partial charge in [-0.25, -0.2) is 9.59 Å². The van der Waals surface area contributed by atoms with Crippen molar-refractivity contribution in [3.05, 3.63) is 67.6 Å². The Labute approximate surface area is 182 Å². The molecule has 0 aliphatic carbocycles. The molecule has 0 bridgehead atoms. The van der Waals surface area contributed by atoms with Crippen LogP contribution in [0.15, 0.2) is 35.1 Å². The number of halogens is 2. The molecule has 0 atom stereocenters. The zero-order chi connectivity index (χ0) is 22.2. The number of carboxylic acid groups (broad SMARTS) is 1. The highest BCUT2D eigenvalue weighted by Crippen LogP contribution is 2.29. The van der Waals surface area contributed by atoms with Gasteiger partial charge in [-0.2, -0.15) is 9.36 Å². The summed E-state index contributed by atoms with van der Waals surface area (Å²) in [6.07, 6.45) is 0. The fourth-order valence-corrected chi connectivity index (χ4v) is 3.32. The maximum absolute atomic E-state index is 12.7. The molecule has 0 aliphatic rings. The first-order valence-electron chi connectivity index (χ1n) is 9.01. The Balaban J connectivity index is 1.91. The van der Waals surface area contributed by atoms with Crippen molar-refractivity contribution < 1.29 is 14.6 Å². The van der Waals surface area contributed by atoms with Crippen LogP contribution in [0.5, 0.6) is 5.75 Å². The molecular weight excluding hydrogens is 431 g/mol. The Hall–Kier alpha value is -2.84. The lowest BCUT2D eigenvalue weighted by molar-refractivity contribution is -0.152. The second kappa shape index (κ2) is 8.12. The minimum atomic E-state index is -1.37. The SMILES string of the molecule is Cc1cc(Cn2nnn(-c3cccc(Cl)c3Cl)c2=O)cc(C)c1OC(C)(C)C(=O)O. The Morgan fingerprint density at radius 1 is 1.17 bits per heavy atom. The Kier molecular flexibility index (Phi) is 5.92. The normalized spacial score (nSPS) is 11.5. The molecule has 3 aromatic rings. The van der Waals surface area contributed by atoms with Crippen LogP contribution < -0.4 is 10.4 Å². The van der Waals surface area contributed by atoms with Crippen molar-refractivity contribution in [2.45, 2.75) is 39.8 Å². The molecule has 0 spiro atoms. The van der Waals surface area contributed by atoms with Crippen LogP contribution in [-0.4, -0.2) is 36.5 Å². The lowest BCUT2D eigenvalue weighted by Crippen LogP contribution is -2.38. The van der Waals surface area contributed by atoms with Gasteiger partial charge in [-0.1, -0.05) is 41.4 Å². The van der Waals surface area contributed by atoms with Gasteiger partial charge < -0.3 is 9.84 Å². The molecule has 0 saturated carbocycles. The number of tetrazole rings is 1. The van der Waals surface area contributed by atoms with E-state index in [-0.39, 0.29) is 11.6 Å². The standard InChI is InChI=1S/C20H20Cl2N4O4/c1-11-8-13(9-12(2)17(11)30-20(3,4)18(27)28)10-25-19(29)26(24-23-25)15-7-5-6-14(21)16(15)22/h5-9H,10H2,1-4H3,(H,27,28). The van der Waals surface area contributed by atoms with E-state index in [0.717, 1.165) is 21.4 Å². The van der Waals surface area contributed by atoms with Gasteiger partial charge in [0, 0.05) is 0 Å². The summed E-state index contributed by atoms with van der Waals surface area (Å²) in [7, 11) is 0. The lowest BCUT2D eigenvalue weighted by atomic mass is 10.0. The van der Waals surface area contributed by atoms with E-state index in [4.69, 9.17) is 27.9 Å². The van der Waals surface area contributed by atoms with Crippen molar-refractivity contribution in [2.24, 2.45) is 0 Å². The highest BCUT2D eigenvalue weighted by molar-refractivity contribution is 6.43. The van der Waals surface area contributed by atoms with Gasteiger partial charge >= 0.3 is 11.7 Å². The van der Waals surface area contributed by atoms with Gasteiger partial charge in [0.1, 0.15) is 5.75 Å². The number of carbonyl (C=O) groups is 1. The zero-order valence-corrected chi connectivity index (χ0v) is 18.3. The van der Waals surface area contributed by atoms with Gasteiger partial charge in [0.15, 0.2) is 5.60 Å². The third kappa shape index (κ3) is 4.20. The first kappa shape index (κ1) is 21.9. The fourth-order valence-electron chi connectivity index (χ4n) is 2.94. The summed E-state index contributed by atoms with van der Waals surface area (Å²) < 4.78 is 8.00. The van der Waals surface area contributed by atoms with E-state index < -0.39 is 17.3 Å². The van der Waals surface area contributed by atoms with E-state index in [1.165, 1.54) is 18.5 Å². The summed E-state index contributed by atoms with van der Waals surface area (Å²) in [4.78, 5) is 24.1. The topological polar surface area (TPSA) is 99.2 Å². The largest absolute Gasteiger partial charge is 0.478 e. The number of hydrogen-bond acceptors (Lipinski definition) is 5. The van der Waals surface area contributed by atoms with Crippen molar-refractivity contribution in [3.8, 4) is 11.4 Å². The number of ether oxygens (including phenoxy) is 1. The van der Waals surface area contributed by atoms with Crippen LogP contribution in [0.25, 0.3) is 5.69 Å². The van der Waals surface area contributed by atoms with E-state index in [1.807, 2.05) is 26.0 Å². The predicted octanol–water partition coefficient (Wildman–Crippen LogP) is 3.64. The van der Waals surface area contributed by atoms with Crippen LogP contribution in [0.2, 0.25) is 10.0 Å². The first-order valence-corrected chi connectivity index (χ1v) is 9.76. The van der Waals surface area contributed by atoms with Crippen LogP contribution in [0, 0.1) is 13.8 Å². The molecule has 1 aromatic heterocycles. The van der Waals surface area contributed by atoms with Crippen molar-refractivity contribution >= 4 is 29.2 Å². The van der Waals surface area contributed by atoms with Gasteiger partial charge in [-0.3, -0.25) is 0 Å². The summed E-state index contributed by atoms with van der Waals surface area (Å²) in [5, 5.41) is 17.6. The number of aliphatic carboxylic acids is 1. The van der Waals surface area contributed by atoms with Crippen LogP contribution in [0.4, 0.5) is 0 Å². The highest BCUT2D eigenvalue weighted by Gasteiger charge is 2.30. The molecule has 0 amide bonds. The predicted molar refractivity (Wildman–Crippen MR) is 113 cm³/mol. The van der Waals surface area contributed by atoms with Crippen LogP contribution in [-0.2, 0) is 11.3 Å². The van der Waals surface area contributed by atoms with Gasteiger partial charge in [0.25, 0.3) is 0 Å². The molecule has 0 fully saturated rings. The van der Waals surface area contributed by atoms with Crippen LogP contribution in [0.3, 0.4) is 0 Å². The minimum absolute atomic E-state index is 0.168. The van der Waals surface area contributed by atoms with Gasteiger partial charge in [0.05, 0.1) is 22.3 Å². The number of aryl methyl sites for hydroxylation is 2. The molecule has 0 saturated heterocycles. The van der Waals surface area contributed by atoms with E-state index >= 15 is 0 Å². The van der Waals surface area contributed by atoms with Crippen molar-refractivity contribution in [2.75, 3.05) is 0 Å². The quantitative estimate of drug-likeness (QED) is 0.615. The molecule has 158 valence electrons. The number of nitrogens with zero attached hydrogens (tertiary/aromatic N) is 4. The first-order chi connectivity index (χ1) is 14.0. The van der Waals surface area contributed by atoms with E-state index in [2.05, 4.69) is 10.4 Å². The zero-order valence-electron chi connectivity index (χ0n) is 16.8. The van der Waals surface area contributed by atoms with Gasteiger partial charge in [-0.15, -0.1) is 0 Å². The molecular formula is C20H20Cl2N4O4. The second-order valence-electron chi connectivity index (χ2n) is 7.38. The number of benzene rings is 2. The molecule has 0 radical (unpaired) electrons. The monoisotopic (exact) mass is 450 g/mol. The van der Waals surface area contributed by atoms with E-state index in [9.17, 15) is 14.7 Å². The summed E-state index contributed by atoms with van der Waals surface area (Å²) in [5.41, 5.74) is 0.786. The number of carboxylic acids is 1. The molecule has 1 heterocycles. The Morgan fingerprint density at radius 3 is 2.40 bits per heavy atom. The molecule has 10 heteroatoms. The number of aromatic nitrogens is 4. The molecule has 2 aromatic carbocycles. The molecule has 30 heavy (non-hydrogen) atoms. The molecule has 8 nitrogen and oxygen atoms in total. The summed E-state index contributed by atoms with van der Waals surface area (Å²) in [6.45, 7) is 6.77. The van der Waals surface area contributed by atoms with Crippen LogP contribution in [0.1, 0.15) is 30.5 Å². The second-order valence-corrected chi connectivity index (χ2v) is 8.17. The van der Waals surface area contributed by atoms with E-state index in [1.54, 1.807) is 18.2 Å². The molecule has 0 unspecified atom stereocenters. The van der Waals surface area contributed by atoms with Crippen molar-refractivity contribution in [1.82, 2.24) is 19.8 Å². The average Bonchev–Trinajstić information content (AvgIpc) is 3.01. The molecule has 0 aliphatic heterocycles. The maximum atomic E-state index is 12.7. The molecule has 3 rings (SSSR count). The smallest absolute Gasteiger partial charge is 0.368 e. The van der Waals surface area contributed by atoms with Gasteiger partial charge in [0.2, 0.25) is 0 Å². The highest BCUT2D eigenvalue weighted by atomic mass is 35.5. The third-order valence-corrected chi connectivity index (χ3v) is 5.33. The maximum Gasteiger partial charge on any atom is 0.368 e. The Bertz CT molecular complexity index is 1160. The minimum Gasteiger partial charge on any atom is -0.478 e. The number of hydrogen-bond donors (Lipinski definition) is 1. The van der Waals surface area contributed by atoms with E-state index in [0.29, 0.717) is 16.5 Å². The average molecular weight is 451 g/mol. The molecule has 1 N–H and O–H groups in total. The summed E-state index contributed by atoms with van der Waals surface area (Å²) in [5.74, 6) is -0.568. The number of rotatable bonds is 6. The lowest BCUT2D eigenvalue weighted by Gasteiger charge is -2.24. The van der Waals surface area contributed by atoms with Gasteiger partial charge in [-0.05, 0) is 66.9 Å². The third-order valence-electron chi connectivity index (χ3n) is 4.52. The fraction of sp³-hybridized carbons (Fsp3) is 0.300. The van der Waals surface area contributed by atoms with Crippen molar-refractivity contribution in [1.29, 1.82) is 0 Å².